The highest BCUT2D eigenvalue weighted by atomic mass is 19.1. The van der Waals surface area contributed by atoms with Crippen LogP contribution in [0.25, 0.3) is 11.1 Å². The average molecular weight is 289 g/mol. The first-order valence-electron chi connectivity index (χ1n) is 6.91. The Morgan fingerprint density at radius 3 is 2.29 bits per heavy atom. The molecule has 0 amide bonds. The van der Waals surface area contributed by atoms with E-state index >= 15 is 0 Å². The Balaban J connectivity index is 2.37. The van der Waals surface area contributed by atoms with Gasteiger partial charge in [0, 0.05) is 12.1 Å². The van der Waals surface area contributed by atoms with Crippen LogP contribution in [0.15, 0.2) is 36.4 Å². The molecule has 0 aliphatic carbocycles. The lowest BCUT2D eigenvalue weighted by molar-refractivity contribution is 0.355. The van der Waals surface area contributed by atoms with Gasteiger partial charge in [-0.2, -0.15) is 0 Å². The van der Waals surface area contributed by atoms with Crippen molar-refractivity contribution in [3.05, 3.63) is 47.8 Å². The van der Waals surface area contributed by atoms with Gasteiger partial charge in [0.1, 0.15) is 5.82 Å². The zero-order valence-electron chi connectivity index (χ0n) is 12.6. The van der Waals surface area contributed by atoms with Crippen molar-refractivity contribution in [1.82, 2.24) is 5.32 Å². The summed E-state index contributed by atoms with van der Waals surface area (Å²) in [7, 11) is 3.20. The predicted molar refractivity (Wildman–Crippen MR) is 82.3 cm³/mol. The summed E-state index contributed by atoms with van der Waals surface area (Å²) < 4.78 is 24.3. The number of rotatable bonds is 6. The third-order valence-corrected chi connectivity index (χ3v) is 3.33. The molecule has 4 heteroatoms. The SMILES string of the molecule is CCNCc1cc(-c2ccc(OC)c(OC)c2)ccc1F. The van der Waals surface area contributed by atoms with Gasteiger partial charge in [0.25, 0.3) is 0 Å². The Bertz CT molecular complexity index is 614. The summed E-state index contributed by atoms with van der Waals surface area (Å²) in [6, 6.07) is 10.8. The largest absolute Gasteiger partial charge is 0.493 e. The van der Waals surface area contributed by atoms with Crippen LogP contribution in [-0.2, 0) is 6.54 Å². The van der Waals surface area contributed by atoms with Crippen LogP contribution >= 0.6 is 0 Å². The quantitative estimate of drug-likeness (QED) is 0.881. The van der Waals surface area contributed by atoms with Gasteiger partial charge in [-0.05, 0) is 41.9 Å². The van der Waals surface area contributed by atoms with E-state index in [1.165, 1.54) is 6.07 Å². The zero-order valence-corrected chi connectivity index (χ0v) is 12.6. The van der Waals surface area contributed by atoms with Crippen molar-refractivity contribution >= 4 is 0 Å². The fourth-order valence-corrected chi connectivity index (χ4v) is 2.17. The second kappa shape index (κ2) is 7.09. The first-order valence-corrected chi connectivity index (χ1v) is 6.91. The van der Waals surface area contributed by atoms with E-state index in [-0.39, 0.29) is 5.82 Å². The molecule has 0 saturated heterocycles. The maximum absolute atomic E-state index is 13.8. The highest BCUT2D eigenvalue weighted by molar-refractivity contribution is 5.68. The van der Waals surface area contributed by atoms with Crippen LogP contribution in [0.2, 0.25) is 0 Å². The smallest absolute Gasteiger partial charge is 0.161 e. The van der Waals surface area contributed by atoms with Gasteiger partial charge in [-0.3, -0.25) is 0 Å². The summed E-state index contributed by atoms with van der Waals surface area (Å²) in [5.74, 6) is 1.14. The lowest BCUT2D eigenvalue weighted by atomic mass is 10.0. The number of hydrogen-bond acceptors (Lipinski definition) is 3. The number of benzene rings is 2. The lowest BCUT2D eigenvalue weighted by Crippen LogP contribution is -2.12. The Labute approximate surface area is 124 Å². The maximum atomic E-state index is 13.8. The van der Waals surface area contributed by atoms with Gasteiger partial charge < -0.3 is 14.8 Å². The molecule has 3 nitrogen and oxygen atoms in total. The molecular weight excluding hydrogens is 269 g/mol. The van der Waals surface area contributed by atoms with Crippen molar-refractivity contribution in [3.8, 4) is 22.6 Å². The molecule has 0 spiro atoms. The van der Waals surface area contributed by atoms with E-state index in [1.807, 2.05) is 31.2 Å². The van der Waals surface area contributed by atoms with Gasteiger partial charge in [-0.25, -0.2) is 4.39 Å². The first kappa shape index (κ1) is 15.3. The molecule has 1 N–H and O–H groups in total. The van der Waals surface area contributed by atoms with Gasteiger partial charge in [0.2, 0.25) is 0 Å². The van der Waals surface area contributed by atoms with Crippen LogP contribution in [0.3, 0.4) is 0 Å². The Hall–Kier alpha value is -2.07. The predicted octanol–water partition coefficient (Wildman–Crippen LogP) is 3.62. The van der Waals surface area contributed by atoms with Gasteiger partial charge in [0.05, 0.1) is 14.2 Å². The number of ether oxygens (including phenoxy) is 2. The highest BCUT2D eigenvalue weighted by Gasteiger charge is 2.08. The lowest BCUT2D eigenvalue weighted by Gasteiger charge is -2.11. The summed E-state index contributed by atoms with van der Waals surface area (Å²) in [5, 5.41) is 3.14. The van der Waals surface area contributed by atoms with Crippen LogP contribution in [0.1, 0.15) is 12.5 Å². The van der Waals surface area contributed by atoms with E-state index in [4.69, 9.17) is 9.47 Å². The highest BCUT2D eigenvalue weighted by Crippen LogP contribution is 2.32. The van der Waals surface area contributed by atoms with Gasteiger partial charge in [-0.15, -0.1) is 0 Å². The number of nitrogens with one attached hydrogen (secondary N) is 1. The summed E-state index contributed by atoms with van der Waals surface area (Å²) in [4.78, 5) is 0. The second-order valence-corrected chi connectivity index (χ2v) is 4.66. The molecule has 21 heavy (non-hydrogen) atoms. The summed E-state index contributed by atoms with van der Waals surface area (Å²) in [6.07, 6.45) is 0. The maximum Gasteiger partial charge on any atom is 0.161 e. The van der Waals surface area contributed by atoms with E-state index in [0.717, 1.165) is 17.7 Å². The molecule has 0 heterocycles. The Morgan fingerprint density at radius 2 is 1.62 bits per heavy atom. The molecule has 112 valence electrons. The summed E-state index contributed by atoms with van der Waals surface area (Å²) in [6.45, 7) is 3.32. The molecular formula is C17H20FNO2. The molecule has 2 rings (SSSR count). The van der Waals surface area contributed by atoms with Crippen LogP contribution in [0, 0.1) is 5.82 Å². The molecule has 0 aliphatic rings. The monoisotopic (exact) mass is 289 g/mol. The Kier molecular flexibility index (Phi) is 5.17. The van der Waals surface area contributed by atoms with E-state index in [0.29, 0.717) is 23.6 Å². The second-order valence-electron chi connectivity index (χ2n) is 4.66. The molecule has 2 aromatic rings. The number of halogens is 1. The standard InChI is InChI=1S/C17H20FNO2/c1-4-19-11-14-9-12(5-7-15(14)18)13-6-8-16(20-2)17(10-13)21-3/h5-10,19H,4,11H2,1-3H3. The normalized spacial score (nSPS) is 10.5. The van der Waals surface area contributed by atoms with Crippen molar-refractivity contribution in [2.75, 3.05) is 20.8 Å². The number of methoxy groups -OCH3 is 2. The van der Waals surface area contributed by atoms with E-state index in [1.54, 1.807) is 20.3 Å². The molecule has 0 atom stereocenters. The van der Waals surface area contributed by atoms with Gasteiger partial charge >= 0.3 is 0 Å². The third kappa shape index (κ3) is 3.52. The number of hydrogen-bond donors (Lipinski definition) is 1. The van der Waals surface area contributed by atoms with Crippen molar-refractivity contribution in [3.63, 3.8) is 0 Å². The van der Waals surface area contributed by atoms with Gasteiger partial charge in [-0.1, -0.05) is 19.1 Å². The van der Waals surface area contributed by atoms with Crippen molar-refractivity contribution in [2.45, 2.75) is 13.5 Å². The topological polar surface area (TPSA) is 30.5 Å². The van der Waals surface area contributed by atoms with Crippen LogP contribution < -0.4 is 14.8 Å². The molecule has 0 saturated carbocycles. The molecule has 0 aromatic heterocycles. The van der Waals surface area contributed by atoms with E-state index < -0.39 is 0 Å². The first-order chi connectivity index (χ1) is 10.2. The average Bonchev–Trinajstić information content (AvgIpc) is 2.53. The molecule has 0 unspecified atom stereocenters. The van der Waals surface area contributed by atoms with Crippen LogP contribution in [0.4, 0.5) is 4.39 Å². The minimum Gasteiger partial charge on any atom is -0.493 e. The summed E-state index contributed by atoms with van der Waals surface area (Å²) in [5.41, 5.74) is 2.57. The van der Waals surface area contributed by atoms with Crippen molar-refractivity contribution in [2.24, 2.45) is 0 Å². The van der Waals surface area contributed by atoms with E-state index in [9.17, 15) is 4.39 Å². The molecule has 0 fully saturated rings. The minimum absolute atomic E-state index is 0.194. The molecule has 0 aliphatic heterocycles. The fourth-order valence-electron chi connectivity index (χ4n) is 2.17. The Morgan fingerprint density at radius 1 is 0.952 bits per heavy atom. The zero-order chi connectivity index (χ0) is 15.2. The van der Waals surface area contributed by atoms with Gasteiger partial charge in [0.15, 0.2) is 11.5 Å². The molecule has 0 bridgehead atoms. The van der Waals surface area contributed by atoms with Crippen LogP contribution in [0.5, 0.6) is 11.5 Å². The van der Waals surface area contributed by atoms with E-state index in [2.05, 4.69) is 5.32 Å². The van der Waals surface area contributed by atoms with Crippen molar-refractivity contribution < 1.29 is 13.9 Å². The summed E-state index contributed by atoms with van der Waals surface area (Å²) >= 11 is 0. The van der Waals surface area contributed by atoms with Crippen molar-refractivity contribution in [1.29, 1.82) is 0 Å². The minimum atomic E-state index is -0.194. The third-order valence-electron chi connectivity index (χ3n) is 3.33. The molecule has 0 radical (unpaired) electrons. The molecule has 2 aromatic carbocycles. The fraction of sp³-hybridized carbons (Fsp3) is 0.294. The van der Waals surface area contributed by atoms with Crippen LogP contribution in [-0.4, -0.2) is 20.8 Å².